The number of aromatic amines is 1. The summed E-state index contributed by atoms with van der Waals surface area (Å²) in [6.07, 6.45) is 1.96. The van der Waals surface area contributed by atoms with Gasteiger partial charge in [0.2, 0.25) is 0 Å². The molecule has 1 N–H and O–H groups in total. The summed E-state index contributed by atoms with van der Waals surface area (Å²) in [4.78, 5) is 3.25. The van der Waals surface area contributed by atoms with Crippen LogP contribution in [0.4, 0.5) is 0 Å². The van der Waals surface area contributed by atoms with Crippen LogP contribution in [-0.4, -0.2) is 4.98 Å². The number of ether oxygens (including phenoxy) is 1. The fourth-order valence-electron chi connectivity index (χ4n) is 2.15. The third-order valence-electron chi connectivity index (χ3n) is 3.18. The molecule has 0 atom stereocenters. The minimum atomic E-state index is 0.605. The van der Waals surface area contributed by atoms with E-state index in [0.717, 1.165) is 16.8 Å². The molecule has 0 saturated carbocycles. The van der Waals surface area contributed by atoms with Gasteiger partial charge in [-0.1, -0.05) is 30.3 Å². The lowest BCUT2D eigenvalue weighted by Crippen LogP contribution is -1.96. The third kappa shape index (κ3) is 1.97. The molecule has 2 heteroatoms. The molecule has 0 bridgehead atoms. The molecule has 0 unspecified atom stereocenters. The number of benzene rings is 2. The summed E-state index contributed by atoms with van der Waals surface area (Å²) in [6.45, 7) is 2.69. The maximum atomic E-state index is 5.88. The molecule has 2 nitrogen and oxygen atoms in total. The Balaban J connectivity index is 1.84. The molecule has 3 aromatic rings. The summed E-state index contributed by atoms with van der Waals surface area (Å²) in [5.41, 5.74) is 3.50. The summed E-state index contributed by atoms with van der Waals surface area (Å²) in [6, 6.07) is 16.4. The summed E-state index contributed by atoms with van der Waals surface area (Å²) >= 11 is 0. The lowest BCUT2D eigenvalue weighted by atomic mass is 10.1. The fourth-order valence-corrected chi connectivity index (χ4v) is 2.15. The van der Waals surface area contributed by atoms with Crippen LogP contribution in [0.3, 0.4) is 0 Å². The van der Waals surface area contributed by atoms with Gasteiger partial charge in [-0.15, -0.1) is 0 Å². The van der Waals surface area contributed by atoms with Gasteiger partial charge in [-0.3, -0.25) is 0 Å². The Morgan fingerprint density at radius 3 is 2.67 bits per heavy atom. The van der Waals surface area contributed by atoms with Gasteiger partial charge in [-0.05, 0) is 36.1 Å². The largest absolute Gasteiger partial charge is 0.489 e. The Morgan fingerprint density at radius 1 is 1.00 bits per heavy atom. The Labute approximate surface area is 106 Å². The molecular formula is C16H15NO. The van der Waals surface area contributed by atoms with Crippen molar-refractivity contribution >= 4 is 10.9 Å². The highest BCUT2D eigenvalue weighted by atomic mass is 16.5. The van der Waals surface area contributed by atoms with Crippen LogP contribution < -0.4 is 4.74 Å². The minimum absolute atomic E-state index is 0.605. The van der Waals surface area contributed by atoms with Crippen molar-refractivity contribution < 1.29 is 4.74 Å². The molecule has 0 radical (unpaired) electrons. The number of aromatic nitrogens is 1. The second kappa shape index (κ2) is 4.57. The maximum Gasteiger partial charge on any atom is 0.124 e. The quantitative estimate of drug-likeness (QED) is 0.730. The molecule has 0 aliphatic rings. The summed E-state index contributed by atoms with van der Waals surface area (Å²) in [5, 5.41) is 1.22. The van der Waals surface area contributed by atoms with Crippen molar-refractivity contribution in [3.05, 3.63) is 65.9 Å². The molecule has 0 spiro atoms. The van der Waals surface area contributed by atoms with Crippen LogP contribution in [0, 0.1) is 6.92 Å². The monoisotopic (exact) mass is 237 g/mol. The number of fused-ring (bicyclic) bond motifs is 1. The van der Waals surface area contributed by atoms with E-state index in [0.29, 0.717) is 6.61 Å². The molecule has 18 heavy (non-hydrogen) atoms. The van der Waals surface area contributed by atoms with Crippen LogP contribution in [0.1, 0.15) is 11.1 Å². The Kier molecular flexibility index (Phi) is 2.77. The molecular weight excluding hydrogens is 222 g/mol. The van der Waals surface area contributed by atoms with Crippen molar-refractivity contribution in [1.29, 1.82) is 0 Å². The lowest BCUT2D eigenvalue weighted by molar-refractivity contribution is 0.304. The van der Waals surface area contributed by atoms with Crippen molar-refractivity contribution in [1.82, 2.24) is 4.98 Å². The number of hydrogen-bond acceptors (Lipinski definition) is 1. The molecule has 1 heterocycles. The van der Waals surface area contributed by atoms with Crippen LogP contribution in [0.5, 0.6) is 5.75 Å². The zero-order valence-electron chi connectivity index (χ0n) is 10.3. The summed E-state index contributed by atoms with van der Waals surface area (Å²) < 4.78 is 5.88. The predicted molar refractivity (Wildman–Crippen MR) is 73.8 cm³/mol. The second-order valence-corrected chi connectivity index (χ2v) is 4.40. The van der Waals surface area contributed by atoms with Gasteiger partial charge < -0.3 is 9.72 Å². The first-order chi connectivity index (χ1) is 8.84. The summed E-state index contributed by atoms with van der Waals surface area (Å²) in [5.74, 6) is 0.939. The smallest absolute Gasteiger partial charge is 0.124 e. The first kappa shape index (κ1) is 10.9. The molecule has 1 aromatic heterocycles. The predicted octanol–water partition coefficient (Wildman–Crippen LogP) is 4.06. The molecule has 2 aromatic carbocycles. The maximum absolute atomic E-state index is 5.88. The number of hydrogen-bond donors (Lipinski definition) is 1. The van der Waals surface area contributed by atoms with Gasteiger partial charge in [0, 0.05) is 11.8 Å². The van der Waals surface area contributed by atoms with Crippen molar-refractivity contribution in [3.63, 3.8) is 0 Å². The van der Waals surface area contributed by atoms with Gasteiger partial charge in [0.25, 0.3) is 0 Å². The molecule has 0 aliphatic heterocycles. The van der Waals surface area contributed by atoms with E-state index in [4.69, 9.17) is 4.74 Å². The minimum Gasteiger partial charge on any atom is -0.489 e. The standard InChI is InChI=1S/C16H15NO/c1-12-15(8-7-14-9-10-17-16(12)14)18-11-13-5-3-2-4-6-13/h2-10,17H,11H2,1H3. The zero-order valence-corrected chi connectivity index (χ0v) is 10.3. The number of aryl methyl sites for hydroxylation is 1. The number of H-pyrrole nitrogens is 1. The van der Waals surface area contributed by atoms with Crippen molar-refractivity contribution in [2.75, 3.05) is 0 Å². The highest BCUT2D eigenvalue weighted by Gasteiger charge is 2.05. The average molecular weight is 237 g/mol. The Bertz CT molecular complexity index is 655. The van der Waals surface area contributed by atoms with E-state index in [1.54, 1.807) is 0 Å². The van der Waals surface area contributed by atoms with Crippen LogP contribution >= 0.6 is 0 Å². The van der Waals surface area contributed by atoms with E-state index < -0.39 is 0 Å². The highest BCUT2D eigenvalue weighted by molar-refractivity contribution is 5.84. The van der Waals surface area contributed by atoms with Gasteiger partial charge >= 0.3 is 0 Å². The van der Waals surface area contributed by atoms with Crippen molar-refractivity contribution in [3.8, 4) is 5.75 Å². The van der Waals surface area contributed by atoms with E-state index >= 15 is 0 Å². The van der Waals surface area contributed by atoms with Crippen molar-refractivity contribution in [2.24, 2.45) is 0 Å². The van der Waals surface area contributed by atoms with Crippen LogP contribution in [0.25, 0.3) is 10.9 Å². The normalized spacial score (nSPS) is 10.7. The van der Waals surface area contributed by atoms with Crippen LogP contribution in [0.15, 0.2) is 54.7 Å². The van der Waals surface area contributed by atoms with Crippen LogP contribution in [0.2, 0.25) is 0 Å². The lowest BCUT2D eigenvalue weighted by Gasteiger charge is -2.09. The zero-order chi connectivity index (χ0) is 12.4. The topological polar surface area (TPSA) is 25.0 Å². The van der Waals surface area contributed by atoms with E-state index in [1.165, 1.54) is 10.9 Å². The third-order valence-corrected chi connectivity index (χ3v) is 3.18. The van der Waals surface area contributed by atoms with E-state index in [-0.39, 0.29) is 0 Å². The van der Waals surface area contributed by atoms with Gasteiger partial charge in [0.05, 0.1) is 5.52 Å². The Morgan fingerprint density at radius 2 is 1.83 bits per heavy atom. The molecule has 0 amide bonds. The first-order valence-electron chi connectivity index (χ1n) is 6.08. The molecule has 0 aliphatic carbocycles. The Hall–Kier alpha value is -2.22. The summed E-state index contributed by atoms with van der Waals surface area (Å²) in [7, 11) is 0. The fraction of sp³-hybridized carbons (Fsp3) is 0.125. The molecule has 3 rings (SSSR count). The van der Waals surface area contributed by atoms with Gasteiger partial charge in [-0.2, -0.15) is 0 Å². The molecule has 0 fully saturated rings. The van der Waals surface area contributed by atoms with Crippen molar-refractivity contribution in [2.45, 2.75) is 13.5 Å². The first-order valence-corrected chi connectivity index (χ1v) is 6.08. The van der Waals surface area contributed by atoms with Gasteiger partial charge in [-0.25, -0.2) is 0 Å². The number of nitrogens with one attached hydrogen (secondary N) is 1. The average Bonchev–Trinajstić information content (AvgIpc) is 2.88. The van der Waals surface area contributed by atoms with E-state index in [2.05, 4.69) is 36.2 Å². The van der Waals surface area contributed by atoms with E-state index in [9.17, 15) is 0 Å². The second-order valence-electron chi connectivity index (χ2n) is 4.40. The molecule has 0 saturated heterocycles. The SMILES string of the molecule is Cc1c(OCc2ccccc2)ccc2cc[nH]c12. The van der Waals surface area contributed by atoms with Gasteiger partial charge in [0.1, 0.15) is 12.4 Å². The number of rotatable bonds is 3. The van der Waals surface area contributed by atoms with E-state index in [1.807, 2.05) is 30.5 Å². The van der Waals surface area contributed by atoms with Gasteiger partial charge in [0.15, 0.2) is 0 Å². The highest BCUT2D eigenvalue weighted by Crippen LogP contribution is 2.26. The van der Waals surface area contributed by atoms with Crippen LogP contribution in [-0.2, 0) is 6.61 Å². The molecule has 90 valence electrons.